The molecule has 0 aromatic carbocycles. The monoisotopic (exact) mass is 316 g/mol. The molecule has 2 aromatic heterocycles. The molecule has 0 unspecified atom stereocenters. The van der Waals surface area contributed by atoms with Crippen LogP contribution in [0.2, 0.25) is 0 Å². The van der Waals surface area contributed by atoms with E-state index in [1.165, 1.54) is 0 Å². The minimum atomic E-state index is 0.0972. The average Bonchev–Trinajstić information content (AvgIpc) is 2.95. The summed E-state index contributed by atoms with van der Waals surface area (Å²) < 4.78 is 6.89. The summed E-state index contributed by atoms with van der Waals surface area (Å²) in [6.45, 7) is 9.44. The van der Waals surface area contributed by atoms with Crippen molar-refractivity contribution in [2.75, 3.05) is 13.1 Å². The second-order valence-corrected chi connectivity index (χ2v) is 6.54. The predicted molar refractivity (Wildman–Crippen MR) is 87.2 cm³/mol. The van der Waals surface area contributed by atoms with Crippen molar-refractivity contribution in [1.29, 1.82) is 0 Å². The van der Waals surface area contributed by atoms with Gasteiger partial charge in [-0.1, -0.05) is 5.16 Å². The third-order valence-corrected chi connectivity index (χ3v) is 4.92. The van der Waals surface area contributed by atoms with Gasteiger partial charge in [0.25, 0.3) is 5.56 Å². The molecule has 0 spiro atoms. The SMILES string of the molecule is Cc1ncn(CC2CCN(Cc3cnoc3C)CC2)c(=O)c1C. The smallest absolute Gasteiger partial charge is 0.256 e. The zero-order valence-corrected chi connectivity index (χ0v) is 14.1. The Balaban J connectivity index is 1.56. The van der Waals surface area contributed by atoms with Crippen LogP contribution in [-0.2, 0) is 13.1 Å². The Hall–Kier alpha value is -1.95. The van der Waals surface area contributed by atoms with Gasteiger partial charge in [-0.25, -0.2) is 4.98 Å². The van der Waals surface area contributed by atoms with E-state index in [4.69, 9.17) is 4.52 Å². The van der Waals surface area contributed by atoms with E-state index in [1.807, 2.05) is 27.0 Å². The summed E-state index contributed by atoms with van der Waals surface area (Å²) in [5.41, 5.74) is 2.84. The molecule has 1 fully saturated rings. The molecule has 1 aliphatic heterocycles. The Kier molecular flexibility index (Phi) is 4.61. The molecule has 0 N–H and O–H groups in total. The highest BCUT2D eigenvalue weighted by Crippen LogP contribution is 2.21. The van der Waals surface area contributed by atoms with Crippen molar-refractivity contribution < 1.29 is 4.52 Å². The van der Waals surface area contributed by atoms with Gasteiger partial charge in [-0.3, -0.25) is 14.3 Å². The first-order chi connectivity index (χ1) is 11.0. The van der Waals surface area contributed by atoms with E-state index in [0.29, 0.717) is 5.92 Å². The zero-order valence-electron chi connectivity index (χ0n) is 14.1. The van der Waals surface area contributed by atoms with Crippen LogP contribution in [0.15, 0.2) is 21.8 Å². The maximum Gasteiger partial charge on any atom is 0.256 e. The van der Waals surface area contributed by atoms with Gasteiger partial charge in [0.15, 0.2) is 0 Å². The standard InChI is InChI=1S/C17H24N4O2/c1-12-13(2)18-11-21(17(12)22)9-15-4-6-20(7-5-15)10-16-8-19-23-14(16)3/h8,11,15H,4-7,9-10H2,1-3H3. The van der Waals surface area contributed by atoms with E-state index in [9.17, 15) is 4.79 Å². The van der Waals surface area contributed by atoms with Gasteiger partial charge in [0, 0.05) is 29.9 Å². The summed E-state index contributed by atoms with van der Waals surface area (Å²) in [6.07, 6.45) is 5.70. The molecule has 3 heterocycles. The summed E-state index contributed by atoms with van der Waals surface area (Å²) in [5.74, 6) is 1.44. The van der Waals surface area contributed by atoms with Crippen molar-refractivity contribution in [2.24, 2.45) is 5.92 Å². The quantitative estimate of drug-likeness (QED) is 0.864. The highest BCUT2D eigenvalue weighted by atomic mass is 16.5. The summed E-state index contributed by atoms with van der Waals surface area (Å²) in [5, 5.41) is 3.84. The van der Waals surface area contributed by atoms with Crippen molar-refractivity contribution in [3.63, 3.8) is 0 Å². The van der Waals surface area contributed by atoms with Crippen LogP contribution in [0.3, 0.4) is 0 Å². The van der Waals surface area contributed by atoms with Crippen LogP contribution in [0.4, 0.5) is 0 Å². The van der Waals surface area contributed by atoms with E-state index in [0.717, 1.165) is 61.6 Å². The highest BCUT2D eigenvalue weighted by molar-refractivity contribution is 5.13. The number of piperidine rings is 1. The van der Waals surface area contributed by atoms with Crippen LogP contribution < -0.4 is 5.56 Å². The molecule has 0 amide bonds. The lowest BCUT2D eigenvalue weighted by atomic mass is 9.96. The fourth-order valence-electron chi connectivity index (χ4n) is 3.12. The van der Waals surface area contributed by atoms with Crippen LogP contribution in [0.25, 0.3) is 0 Å². The normalized spacial score (nSPS) is 16.8. The molecule has 23 heavy (non-hydrogen) atoms. The molecule has 0 bridgehead atoms. The Bertz CT molecular complexity index is 726. The molecule has 0 radical (unpaired) electrons. The van der Waals surface area contributed by atoms with Crippen molar-refractivity contribution >= 4 is 0 Å². The van der Waals surface area contributed by atoms with Gasteiger partial charge >= 0.3 is 0 Å². The molecule has 0 saturated carbocycles. The van der Waals surface area contributed by atoms with Gasteiger partial charge in [-0.2, -0.15) is 0 Å². The first kappa shape index (κ1) is 15.9. The van der Waals surface area contributed by atoms with Crippen LogP contribution in [-0.4, -0.2) is 32.7 Å². The minimum Gasteiger partial charge on any atom is -0.361 e. The Morgan fingerprint density at radius 2 is 2.00 bits per heavy atom. The van der Waals surface area contributed by atoms with Gasteiger partial charge in [-0.15, -0.1) is 0 Å². The van der Waals surface area contributed by atoms with Gasteiger partial charge < -0.3 is 4.52 Å². The summed E-state index contributed by atoms with van der Waals surface area (Å²) in [7, 11) is 0. The molecule has 0 aliphatic carbocycles. The zero-order chi connectivity index (χ0) is 16.4. The second-order valence-electron chi connectivity index (χ2n) is 6.54. The van der Waals surface area contributed by atoms with Crippen molar-refractivity contribution in [3.8, 4) is 0 Å². The molecule has 6 heteroatoms. The van der Waals surface area contributed by atoms with E-state index in [1.54, 1.807) is 10.9 Å². The molecule has 0 atom stereocenters. The van der Waals surface area contributed by atoms with Gasteiger partial charge in [0.2, 0.25) is 0 Å². The lowest BCUT2D eigenvalue weighted by Gasteiger charge is -2.31. The number of rotatable bonds is 4. The highest BCUT2D eigenvalue weighted by Gasteiger charge is 2.21. The first-order valence-corrected chi connectivity index (χ1v) is 8.19. The summed E-state index contributed by atoms with van der Waals surface area (Å²) >= 11 is 0. The lowest BCUT2D eigenvalue weighted by molar-refractivity contribution is 0.165. The molecule has 3 rings (SSSR count). The fourth-order valence-corrected chi connectivity index (χ4v) is 3.12. The largest absolute Gasteiger partial charge is 0.361 e. The number of hydrogen-bond donors (Lipinski definition) is 0. The maximum absolute atomic E-state index is 12.3. The topological polar surface area (TPSA) is 64.2 Å². The van der Waals surface area contributed by atoms with Crippen molar-refractivity contribution in [1.82, 2.24) is 19.6 Å². The Morgan fingerprint density at radius 1 is 1.26 bits per heavy atom. The van der Waals surface area contributed by atoms with E-state index in [-0.39, 0.29) is 5.56 Å². The van der Waals surface area contributed by atoms with Crippen LogP contribution in [0, 0.1) is 26.7 Å². The molecule has 2 aromatic rings. The van der Waals surface area contributed by atoms with Crippen LogP contribution in [0.1, 0.15) is 35.4 Å². The summed E-state index contributed by atoms with van der Waals surface area (Å²) in [6, 6.07) is 0. The molecule has 1 aliphatic rings. The van der Waals surface area contributed by atoms with Gasteiger partial charge in [0.05, 0.1) is 12.5 Å². The van der Waals surface area contributed by atoms with Crippen molar-refractivity contribution in [3.05, 3.63) is 45.5 Å². The number of aryl methyl sites for hydroxylation is 2. The number of aromatic nitrogens is 3. The third-order valence-electron chi connectivity index (χ3n) is 4.92. The molecular formula is C17H24N4O2. The first-order valence-electron chi connectivity index (χ1n) is 8.19. The molecule has 124 valence electrons. The van der Waals surface area contributed by atoms with Gasteiger partial charge in [-0.05, 0) is 52.6 Å². The van der Waals surface area contributed by atoms with Crippen LogP contribution in [0.5, 0.6) is 0 Å². The lowest BCUT2D eigenvalue weighted by Crippen LogP contribution is -2.36. The Morgan fingerprint density at radius 3 is 2.65 bits per heavy atom. The second kappa shape index (κ2) is 6.66. The van der Waals surface area contributed by atoms with Crippen LogP contribution >= 0.6 is 0 Å². The number of nitrogens with zero attached hydrogens (tertiary/aromatic N) is 4. The van der Waals surface area contributed by atoms with E-state index >= 15 is 0 Å². The van der Waals surface area contributed by atoms with Gasteiger partial charge in [0.1, 0.15) is 5.76 Å². The minimum absolute atomic E-state index is 0.0972. The number of likely N-dealkylation sites (tertiary alicyclic amines) is 1. The fraction of sp³-hybridized carbons (Fsp3) is 0.588. The maximum atomic E-state index is 12.3. The number of hydrogen-bond acceptors (Lipinski definition) is 5. The Labute approximate surface area is 136 Å². The predicted octanol–water partition coefficient (Wildman–Crippen LogP) is 2.07. The molecule has 6 nitrogen and oxygen atoms in total. The van der Waals surface area contributed by atoms with E-state index in [2.05, 4.69) is 15.0 Å². The van der Waals surface area contributed by atoms with Crippen molar-refractivity contribution in [2.45, 2.75) is 46.7 Å². The average molecular weight is 316 g/mol. The third kappa shape index (κ3) is 3.52. The molecular weight excluding hydrogens is 292 g/mol. The van der Waals surface area contributed by atoms with E-state index < -0.39 is 0 Å². The summed E-state index contributed by atoms with van der Waals surface area (Å²) in [4.78, 5) is 19.0. The molecule has 1 saturated heterocycles.